The first-order valence-electron chi connectivity index (χ1n) is 10.7. The molecule has 0 saturated heterocycles. The Bertz CT molecular complexity index is 1040. The fourth-order valence-corrected chi connectivity index (χ4v) is 3.76. The molecule has 0 saturated carbocycles. The van der Waals surface area contributed by atoms with Gasteiger partial charge in [0.2, 0.25) is 0 Å². The Morgan fingerprint density at radius 1 is 1.03 bits per heavy atom. The van der Waals surface area contributed by atoms with Crippen LogP contribution < -0.4 is 10.2 Å². The SMILES string of the molecule is CCOc1ccc(C=NNC(=O)c2ccc(CN3CCc4ccccc4C3)cc2)cc1. The van der Waals surface area contributed by atoms with Crippen LogP contribution >= 0.6 is 0 Å². The molecule has 0 aromatic heterocycles. The number of hydrogen-bond acceptors (Lipinski definition) is 4. The molecule has 0 radical (unpaired) electrons. The summed E-state index contributed by atoms with van der Waals surface area (Å²) in [5.74, 6) is 0.596. The monoisotopic (exact) mass is 413 g/mol. The number of hydrogen-bond donors (Lipinski definition) is 1. The maximum absolute atomic E-state index is 12.4. The number of fused-ring (bicyclic) bond motifs is 1. The summed E-state index contributed by atoms with van der Waals surface area (Å²) in [7, 11) is 0. The van der Waals surface area contributed by atoms with Crippen LogP contribution in [0.15, 0.2) is 77.9 Å². The molecule has 0 fully saturated rings. The van der Waals surface area contributed by atoms with Gasteiger partial charge < -0.3 is 4.74 Å². The molecule has 1 aliphatic heterocycles. The Labute approximate surface area is 183 Å². The molecule has 31 heavy (non-hydrogen) atoms. The molecule has 0 aliphatic carbocycles. The maximum atomic E-state index is 12.4. The molecule has 0 bridgehead atoms. The van der Waals surface area contributed by atoms with Crippen molar-refractivity contribution in [1.82, 2.24) is 10.3 Å². The van der Waals surface area contributed by atoms with Gasteiger partial charge in [0.15, 0.2) is 0 Å². The Balaban J connectivity index is 1.29. The highest BCUT2D eigenvalue weighted by Crippen LogP contribution is 2.20. The minimum absolute atomic E-state index is 0.222. The van der Waals surface area contributed by atoms with Crippen LogP contribution in [0.3, 0.4) is 0 Å². The summed E-state index contributed by atoms with van der Waals surface area (Å²) in [5.41, 5.74) is 8.14. The van der Waals surface area contributed by atoms with Crippen molar-refractivity contribution in [1.29, 1.82) is 0 Å². The summed E-state index contributed by atoms with van der Waals surface area (Å²) in [6.07, 6.45) is 2.71. The number of ether oxygens (including phenoxy) is 1. The van der Waals surface area contributed by atoms with Crippen LogP contribution in [0.2, 0.25) is 0 Å². The summed E-state index contributed by atoms with van der Waals surface area (Å²) >= 11 is 0. The van der Waals surface area contributed by atoms with Crippen molar-refractivity contribution in [3.63, 3.8) is 0 Å². The van der Waals surface area contributed by atoms with Gasteiger partial charge in [-0.25, -0.2) is 5.43 Å². The minimum Gasteiger partial charge on any atom is -0.494 e. The Hall–Kier alpha value is -3.44. The van der Waals surface area contributed by atoms with Gasteiger partial charge in [-0.2, -0.15) is 5.10 Å². The van der Waals surface area contributed by atoms with Gasteiger partial charge in [-0.05, 0) is 72.0 Å². The van der Waals surface area contributed by atoms with E-state index in [1.54, 1.807) is 6.21 Å². The van der Waals surface area contributed by atoms with E-state index < -0.39 is 0 Å². The Morgan fingerprint density at radius 2 is 1.77 bits per heavy atom. The Kier molecular flexibility index (Phi) is 6.75. The number of rotatable bonds is 7. The van der Waals surface area contributed by atoms with Crippen molar-refractivity contribution in [3.8, 4) is 5.75 Å². The molecular formula is C26H27N3O2. The summed E-state index contributed by atoms with van der Waals surface area (Å²) in [4.78, 5) is 14.8. The van der Waals surface area contributed by atoms with Crippen molar-refractivity contribution in [2.45, 2.75) is 26.4 Å². The van der Waals surface area contributed by atoms with Crippen LogP contribution in [0.25, 0.3) is 0 Å². The highest BCUT2D eigenvalue weighted by Gasteiger charge is 2.15. The lowest BCUT2D eigenvalue weighted by atomic mass is 9.99. The fraction of sp³-hybridized carbons (Fsp3) is 0.231. The lowest BCUT2D eigenvalue weighted by molar-refractivity contribution is 0.0955. The highest BCUT2D eigenvalue weighted by atomic mass is 16.5. The Morgan fingerprint density at radius 3 is 2.52 bits per heavy atom. The molecule has 1 aliphatic rings. The molecule has 4 rings (SSSR count). The third kappa shape index (κ3) is 5.58. The van der Waals surface area contributed by atoms with Crippen molar-refractivity contribution >= 4 is 12.1 Å². The zero-order valence-corrected chi connectivity index (χ0v) is 17.8. The average molecular weight is 414 g/mol. The van der Waals surface area contributed by atoms with Gasteiger partial charge in [-0.15, -0.1) is 0 Å². The second-order valence-electron chi connectivity index (χ2n) is 7.63. The van der Waals surface area contributed by atoms with Gasteiger partial charge in [0.05, 0.1) is 12.8 Å². The number of benzene rings is 3. The molecule has 3 aromatic carbocycles. The molecule has 0 unspecified atom stereocenters. The van der Waals surface area contributed by atoms with E-state index in [9.17, 15) is 4.79 Å². The predicted molar refractivity (Wildman–Crippen MR) is 123 cm³/mol. The standard InChI is InChI=1S/C26H27N3O2/c1-2-31-25-13-9-20(10-14-25)17-27-28-26(30)23-11-7-21(8-12-23)18-29-16-15-22-5-3-4-6-24(22)19-29/h3-14,17H,2,15-16,18-19H2,1H3,(H,28,30). The molecule has 1 heterocycles. The van der Waals surface area contributed by atoms with Crippen LogP contribution in [0.1, 0.15) is 39.5 Å². The number of nitrogens with one attached hydrogen (secondary N) is 1. The summed E-state index contributed by atoms with van der Waals surface area (Å²) in [5, 5.41) is 4.06. The van der Waals surface area contributed by atoms with Gasteiger partial charge in [-0.3, -0.25) is 9.69 Å². The lowest BCUT2D eigenvalue weighted by Gasteiger charge is -2.28. The van der Waals surface area contributed by atoms with E-state index in [-0.39, 0.29) is 5.91 Å². The second-order valence-corrected chi connectivity index (χ2v) is 7.63. The van der Waals surface area contributed by atoms with Gasteiger partial charge in [0.1, 0.15) is 5.75 Å². The summed E-state index contributed by atoms with van der Waals surface area (Å²) in [6.45, 7) is 5.49. The first kappa shape index (κ1) is 20.8. The van der Waals surface area contributed by atoms with Crippen molar-refractivity contribution in [2.75, 3.05) is 13.2 Å². The molecule has 158 valence electrons. The lowest BCUT2D eigenvalue weighted by Crippen LogP contribution is -2.30. The van der Waals surface area contributed by atoms with Crippen molar-refractivity contribution in [2.24, 2.45) is 5.10 Å². The molecule has 1 amide bonds. The van der Waals surface area contributed by atoms with E-state index in [0.717, 1.165) is 37.4 Å². The van der Waals surface area contributed by atoms with E-state index in [1.807, 2.05) is 55.5 Å². The van der Waals surface area contributed by atoms with Gasteiger partial charge in [-0.1, -0.05) is 36.4 Å². The predicted octanol–water partition coefficient (Wildman–Crippen LogP) is 4.41. The molecule has 0 spiro atoms. The largest absolute Gasteiger partial charge is 0.494 e. The quantitative estimate of drug-likeness (QED) is 0.461. The third-order valence-corrected chi connectivity index (χ3v) is 5.40. The van der Waals surface area contributed by atoms with E-state index in [0.29, 0.717) is 12.2 Å². The summed E-state index contributed by atoms with van der Waals surface area (Å²) in [6, 6.07) is 24.0. The first-order chi connectivity index (χ1) is 15.2. The van der Waals surface area contributed by atoms with Gasteiger partial charge in [0, 0.05) is 25.2 Å². The number of hydrazone groups is 1. The zero-order chi connectivity index (χ0) is 21.5. The zero-order valence-electron chi connectivity index (χ0n) is 17.8. The molecular weight excluding hydrogens is 386 g/mol. The highest BCUT2D eigenvalue weighted by molar-refractivity contribution is 5.94. The first-order valence-corrected chi connectivity index (χ1v) is 10.7. The molecule has 5 heteroatoms. The number of amides is 1. The van der Waals surface area contributed by atoms with E-state index in [2.05, 4.69) is 39.7 Å². The van der Waals surface area contributed by atoms with E-state index >= 15 is 0 Å². The molecule has 1 N–H and O–H groups in total. The van der Waals surface area contributed by atoms with E-state index in [1.165, 1.54) is 16.7 Å². The van der Waals surface area contributed by atoms with Crippen molar-refractivity contribution in [3.05, 3.63) is 101 Å². The number of carbonyl (C=O) groups excluding carboxylic acids is 1. The van der Waals surface area contributed by atoms with Crippen molar-refractivity contribution < 1.29 is 9.53 Å². The number of carbonyl (C=O) groups is 1. The average Bonchev–Trinajstić information content (AvgIpc) is 2.81. The third-order valence-electron chi connectivity index (χ3n) is 5.40. The smallest absolute Gasteiger partial charge is 0.271 e. The van der Waals surface area contributed by atoms with E-state index in [4.69, 9.17) is 4.74 Å². The molecule has 0 atom stereocenters. The van der Waals surface area contributed by atoms with Crippen LogP contribution in [0.4, 0.5) is 0 Å². The van der Waals surface area contributed by atoms with Crippen LogP contribution in [-0.4, -0.2) is 30.2 Å². The van der Waals surface area contributed by atoms with Gasteiger partial charge in [0.25, 0.3) is 5.91 Å². The minimum atomic E-state index is -0.222. The maximum Gasteiger partial charge on any atom is 0.271 e. The van der Waals surface area contributed by atoms with Crippen LogP contribution in [0.5, 0.6) is 5.75 Å². The van der Waals surface area contributed by atoms with Crippen LogP contribution in [-0.2, 0) is 19.5 Å². The summed E-state index contributed by atoms with van der Waals surface area (Å²) < 4.78 is 5.42. The fourth-order valence-electron chi connectivity index (χ4n) is 3.76. The topological polar surface area (TPSA) is 53.9 Å². The van der Waals surface area contributed by atoms with Crippen LogP contribution in [0, 0.1) is 0 Å². The molecule has 3 aromatic rings. The normalized spacial score (nSPS) is 13.7. The number of nitrogens with zero attached hydrogens (tertiary/aromatic N) is 2. The molecule has 5 nitrogen and oxygen atoms in total. The second kappa shape index (κ2) is 10.0. The van der Waals surface area contributed by atoms with Gasteiger partial charge >= 0.3 is 0 Å².